The number of fused-ring (bicyclic) bond motifs is 2. The van der Waals surface area contributed by atoms with E-state index in [9.17, 15) is 4.79 Å². The van der Waals surface area contributed by atoms with Crippen molar-refractivity contribution in [3.05, 3.63) is 82.2 Å². The Morgan fingerprint density at radius 1 is 1.00 bits per heavy atom. The average Bonchev–Trinajstić information content (AvgIpc) is 3.65. The molecule has 3 heterocycles. The van der Waals surface area contributed by atoms with E-state index in [0.29, 0.717) is 23.5 Å². The van der Waals surface area contributed by atoms with Gasteiger partial charge in [0.25, 0.3) is 5.91 Å². The van der Waals surface area contributed by atoms with E-state index < -0.39 is 0 Å². The van der Waals surface area contributed by atoms with E-state index in [1.165, 1.54) is 7.11 Å². The maximum absolute atomic E-state index is 13.5. The van der Waals surface area contributed by atoms with Crippen molar-refractivity contribution in [2.45, 2.75) is 13.3 Å². The maximum Gasteiger partial charge on any atom is 0.260 e. The molecule has 0 unspecified atom stereocenters. The molecule has 0 radical (unpaired) electrons. The molecule has 1 aliphatic heterocycles. The Hall–Kier alpha value is -4.08. The zero-order valence-electron chi connectivity index (χ0n) is 21.0. The van der Waals surface area contributed by atoms with Gasteiger partial charge in [-0.05, 0) is 54.4 Å². The molecule has 0 bridgehead atoms. The summed E-state index contributed by atoms with van der Waals surface area (Å²) in [6.45, 7) is 2.33. The summed E-state index contributed by atoms with van der Waals surface area (Å²) in [7, 11) is 3.12. The predicted molar refractivity (Wildman–Crippen MR) is 151 cm³/mol. The summed E-state index contributed by atoms with van der Waals surface area (Å²) >= 11 is 3.18. The third-order valence-electron chi connectivity index (χ3n) is 6.44. The molecule has 1 aliphatic rings. The van der Waals surface area contributed by atoms with Crippen molar-refractivity contribution in [2.24, 2.45) is 0 Å². The molecule has 0 aliphatic carbocycles. The van der Waals surface area contributed by atoms with E-state index in [1.54, 1.807) is 48.0 Å². The van der Waals surface area contributed by atoms with Crippen molar-refractivity contribution >= 4 is 43.8 Å². The van der Waals surface area contributed by atoms with Crippen molar-refractivity contribution in [3.8, 4) is 33.6 Å². The van der Waals surface area contributed by atoms with Crippen LogP contribution in [0.25, 0.3) is 20.8 Å². The first-order valence-corrected chi connectivity index (χ1v) is 13.6. The van der Waals surface area contributed by atoms with Crippen LogP contribution in [-0.4, -0.2) is 31.9 Å². The van der Waals surface area contributed by atoms with E-state index in [2.05, 4.69) is 18.3 Å². The number of hydrogen-bond donors (Lipinski definition) is 1. The highest BCUT2D eigenvalue weighted by atomic mass is 32.1. The third kappa shape index (κ3) is 4.44. The molecule has 2 aromatic heterocycles. The summed E-state index contributed by atoms with van der Waals surface area (Å²) in [5.74, 6) is 2.31. The summed E-state index contributed by atoms with van der Waals surface area (Å²) in [6.07, 6.45) is 0.687. The minimum absolute atomic E-state index is 0.240. The number of carbonyl (C=O) groups excluding carboxylic acids is 1. The number of ether oxygens (including phenoxy) is 4. The fraction of sp³-hybridized carbons (Fsp3) is 0.172. The lowest BCUT2D eigenvalue weighted by molar-refractivity contribution is 0.102. The SMILES string of the molecule is COc1ccc(C(=O)Nc2sc(Cc3ccc4c(c3)OCO4)c(C)c2-c2nc3ccccc3s2)c(OC)c1. The van der Waals surface area contributed by atoms with Gasteiger partial charge in [-0.1, -0.05) is 18.2 Å². The average molecular weight is 545 g/mol. The van der Waals surface area contributed by atoms with Crippen LogP contribution in [0.3, 0.4) is 0 Å². The van der Waals surface area contributed by atoms with Crippen LogP contribution in [0.15, 0.2) is 60.7 Å². The Balaban J connectivity index is 1.40. The molecular weight excluding hydrogens is 520 g/mol. The Morgan fingerprint density at radius 2 is 1.84 bits per heavy atom. The highest BCUT2D eigenvalue weighted by molar-refractivity contribution is 7.23. The number of thiazole rings is 1. The molecule has 0 fully saturated rings. The first-order chi connectivity index (χ1) is 18.5. The van der Waals surface area contributed by atoms with E-state index in [4.69, 9.17) is 23.9 Å². The van der Waals surface area contributed by atoms with Crippen LogP contribution >= 0.6 is 22.7 Å². The number of hydrogen-bond acceptors (Lipinski definition) is 8. The van der Waals surface area contributed by atoms with Gasteiger partial charge in [-0.25, -0.2) is 4.98 Å². The molecule has 6 rings (SSSR count). The quantitative estimate of drug-likeness (QED) is 0.240. The number of para-hydroxylation sites is 1. The lowest BCUT2D eigenvalue weighted by atomic mass is 10.1. The van der Waals surface area contributed by atoms with Gasteiger partial charge in [0, 0.05) is 22.9 Å². The van der Waals surface area contributed by atoms with E-state index in [-0.39, 0.29) is 12.7 Å². The molecule has 7 nitrogen and oxygen atoms in total. The summed E-state index contributed by atoms with van der Waals surface area (Å²) in [5, 5.41) is 4.77. The second kappa shape index (κ2) is 10.00. The van der Waals surface area contributed by atoms with Crippen molar-refractivity contribution in [3.63, 3.8) is 0 Å². The topological polar surface area (TPSA) is 78.9 Å². The fourth-order valence-corrected chi connectivity index (χ4v) is 6.82. The van der Waals surface area contributed by atoms with Gasteiger partial charge in [-0.2, -0.15) is 0 Å². The number of carbonyl (C=O) groups is 1. The molecular formula is C29H24N2O5S2. The molecule has 1 N–H and O–H groups in total. The van der Waals surface area contributed by atoms with Gasteiger partial charge >= 0.3 is 0 Å². The zero-order valence-corrected chi connectivity index (χ0v) is 22.6. The van der Waals surface area contributed by atoms with E-state index >= 15 is 0 Å². The first kappa shape index (κ1) is 24.3. The Labute approximate surface area is 227 Å². The second-order valence-corrected chi connectivity index (χ2v) is 10.9. The normalized spacial score (nSPS) is 12.1. The van der Waals surface area contributed by atoms with Crippen molar-refractivity contribution in [1.82, 2.24) is 4.98 Å². The maximum atomic E-state index is 13.5. The number of nitrogens with zero attached hydrogens (tertiary/aromatic N) is 1. The van der Waals surface area contributed by atoms with Gasteiger partial charge in [0.2, 0.25) is 6.79 Å². The standard InChI is InChI=1S/C29H24N2O5S2/c1-16-25(13-17-8-11-21-23(12-17)36-15-35-21)38-29(26(16)28-30-20-6-4-5-7-24(20)37-28)31-27(32)19-10-9-18(33-2)14-22(19)34-3/h4-12,14H,13,15H2,1-3H3,(H,31,32). The van der Waals surface area contributed by atoms with Gasteiger partial charge in [0.15, 0.2) is 11.5 Å². The molecule has 38 heavy (non-hydrogen) atoms. The minimum Gasteiger partial charge on any atom is -0.497 e. The number of anilines is 1. The number of rotatable bonds is 7. The largest absolute Gasteiger partial charge is 0.497 e. The summed E-state index contributed by atoms with van der Waals surface area (Å²) in [4.78, 5) is 19.5. The second-order valence-electron chi connectivity index (χ2n) is 8.73. The van der Waals surface area contributed by atoms with Gasteiger partial charge < -0.3 is 24.3 Å². The van der Waals surface area contributed by atoms with Crippen molar-refractivity contribution in [2.75, 3.05) is 26.3 Å². The molecule has 0 atom stereocenters. The van der Waals surface area contributed by atoms with Crippen LogP contribution in [0.4, 0.5) is 5.00 Å². The smallest absolute Gasteiger partial charge is 0.260 e. The van der Waals surface area contributed by atoms with Crippen molar-refractivity contribution < 1.29 is 23.7 Å². The van der Waals surface area contributed by atoms with Gasteiger partial charge in [-0.15, -0.1) is 22.7 Å². The van der Waals surface area contributed by atoms with Crippen LogP contribution in [0, 0.1) is 6.92 Å². The van der Waals surface area contributed by atoms with Crippen LogP contribution in [0.2, 0.25) is 0 Å². The van der Waals surface area contributed by atoms with Crippen LogP contribution in [0.1, 0.15) is 26.4 Å². The lowest BCUT2D eigenvalue weighted by Crippen LogP contribution is -2.13. The van der Waals surface area contributed by atoms with Crippen LogP contribution < -0.4 is 24.3 Å². The number of methoxy groups -OCH3 is 2. The van der Waals surface area contributed by atoms with E-state index in [1.807, 2.05) is 36.4 Å². The van der Waals surface area contributed by atoms with Gasteiger partial charge in [-0.3, -0.25) is 4.79 Å². The van der Waals surface area contributed by atoms with Gasteiger partial charge in [0.05, 0.1) is 30.0 Å². The Kier molecular flexibility index (Phi) is 6.39. The fourth-order valence-electron chi connectivity index (χ4n) is 4.45. The third-order valence-corrected chi connectivity index (χ3v) is 8.70. The zero-order chi connectivity index (χ0) is 26.2. The number of amides is 1. The molecule has 0 saturated heterocycles. The molecule has 0 spiro atoms. The number of thiophene rings is 1. The van der Waals surface area contributed by atoms with E-state index in [0.717, 1.165) is 53.3 Å². The first-order valence-electron chi connectivity index (χ1n) is 11.9. The molecule has 9 heteroatoms. The number of nitrogens with one attached hydrogen (secondary N) is 1. The number of benzene rings is 3. The summed E-state index contributed by atoms with van der Waals surface area (Å²) in [6, 6.07) is 19.2. The van der Waals surface area contributed by atoms with Gasteiger partial charge in [0.1, 0.15) is 21.5 Å². The summed E-state index contributed by atoms with van der Waals surface area (Å²) in [5.41, 5.74) is 4.48. The van der Waals surface area contributed by atoms with Crippen molar-refractivity contribution in [1.29, 1.82) is 0 Å². The minimum atomic E-state index is -0.261. The van der Waals surface area contributed by atoms with Crippen LogP contribution in [0.5, 0.6) is 23.0 Å². The lowest BCUT2D eigenvalue weighted by Gasteiger charge is -2.11. The molecule has 192 valence electrons. The molecule has 1 amide bonds. The molecule has 5 aromatic rings. The highest BCUT2D eigenvalue weighted by Gasteiger charge is 2.24. The summed E-state index contributed by atoms with van der Waals surface area (Å²) < 4.78 is 22.9. The highest BCUT2D eigenvalue weighted by Crippen LogP contribution is 2.45. The molecule has 3 aromatic carbocycles. The van der Waals surface area contributed by atoms with Crippen LogP contribution in [-0.2, 0) is 6.42 Å². The Morgan fingerprint density at radius 3 is 2.66 bits per heavy atom. The Bertz CT molecular complexity index is 1640. The monoisotopic (exact) mass is 544 g/mol. The molecule has 0 saturated carbocycles. The number of aromatic nitrogens is 1. The predicted octanol–water partition coefficient (Wildman–Crippen LogP) is 6.92.